The van der Waals surface area contributed by atoms with E-state index >= 15 is 0 Å². The number of halogens is 2. The van der Waals surface area contributed by atoms with E-state index < -0.39 is 23.5 Å². The second-order valence-electron chi connectivity index (χ2n) is 5.36. The maximum atomic E-state index is 14.2. The molecule has 0 heterocycles. The molecule has 1 aliphatic carbocycles. The molecule has 23 heavy (non-hydrogen) atoms. The SMILES string of the molecule is CC(=N)C(=O)N(C(N)=O)c1cc(OC2CCCC2)c(Cl)cc1F. The van der Waals surface area contributed by atoms with Gasteiger partial charge in [-0.1, -0.05) is 11.6 Å². The van der Waals surface area contributed by atoms with Crippen molar-refractivity contribution in [1.29, 1.82) is 5.41 Å². The lowest BCUT2D eigenvalue weighted by atomic mass is 10.2. The van der Waals surface area contributed by atoms with Crippen molar-refractivity contribution in [2.24, 2.45) is 5.73 Å². The number of hydrogen-bond acceptors (Lipinski definition) is 4. The Balaban J connectivity index is 2.41. The van der Waals surface area contributed by atoms with Crippen LogP contribution in [0.5, 0.6) is 5.75 Å². The van der Waals surface area contributed by atoms with Gasteiger partial charge in [-0.05, 0) is 38.7 Å². The second-order valence-corrected chi connectivity index (χ2v) is 5.77. The van der Waals surface area contributed by atoms with Crippen LogP contribution in [0.25, 0.3) is 0 Å². The Morgan fingerprint density at radius 1 is 1.39 bits per heavy atom. The highest BCUT2D eigenvalue weighted by Gasteiger charge is 2.28. The molecule has 0 atom stereocenters. The highest BCUT2D eigenvalue weighted by Crippen LogP contribution is 2.35. The molecule has 0 bridgehead atoms. The van der Waals surface area contributed by atoms with E-state index in [0.717, 1.165) is 31.7 Å². The van der Waals surface area contributed by atoms with Crippen molar-refractivity contribution in [3.8, 4) is 5.75 Å². The monoisotopic (exact) mass is 341 g/mol. The smallest absolute Gasteiger partial charge is 0.326 e. The number of nitrogens with two attached hydrogens (primary N) is 1. The Kier molecular flexibility index (Phi) is 5.20. The maximum Gasteiger partial charge on any atom is 0.326 e. The van der Waals surface area contributed by atoms with Crippen LogP contribution in [-0.2, 0) is 4.79 Å². The van der Waals surface area contributed by atoms with Gasteiger partial charge in [0.15, 0.2) is 0 Å². The van der Waals surface area contributed by atoms with Crippen LogP contribution in [0.2, 0.25) is 5.02 Å². The summed E-state index contributed by atoms with van der Waals surface area (Å²) in [4.78, 5) is 23.9. The zero-order valence-electron chi connectivity index (χ0n) is 12.6. The molecule has 8 heteroatoms. The first-order chi connectivity index (χ1) is 10.8. The standard InChI is InChI=1S/C15H17ClFN3O3/c1-8(18)14(21)20(15(19)22)12-7-13(10(16)6-11(12)17)23-9-4-2-3-5-9/h6-7,9,18H,2-5H2,1H3,(H2,19,22). The molecule has 1 saturated carbocycles. The predicted octanol–water partition coefficient (Wildman–Crippen LogP) is 3.25. The summed E-state index contributed by atoms with van der Waals surface area (Å²) in [6.45, 7) is 1.18. The molecule has 0 aliphatic heterocycles. The Hall–Kier alpha value is -2.15. The fraction of sp³-hybridized carbons (Fsp3) is 0.400. The zero-order valence-corrected chi connectivity index (χ0v) is 13.3. The van der Waals surface area contributed by atoms with Crippen molar-refractivity contribution in [2.75, 3.05) is 4.90 Å². The molecule has 0 aromatic heterocycles. The molecule has 3 N–H and O–H groups in total. The Morgan fingerprint density at radius 2 is 2.00 bits per heavy atom. The Bertz CT molecular complexity index is 660. The molecule has 3 amide bonds. The molecule has 0 spiro atoms. The minimum atomic E-state index is -1.19. The summed E-state index contributed by atoms with van der Waals surface area (Å²) in [6, 6.07) is 0.945. The molecule has 6 nitrogen and oxygen atoms in total. The van der Waals surface area contributed by atoms with Crippen LogP contribution in [-0.4, -0.2) is 23.8 Å². The summed E-state index contributed by atoms with van der Waals surface area (Å²) >= 11 is 5.98. The molecule has 0 unspecified atom stereocenters. The van der Waals surface area contributed by atoms with Crippen LogP contribution in [0, 0.1) is 11.2 Å². The number of anilines is 1. The number of carbonyl (C=O) groups excluding carboxylic acids is 2. The highest BCUT2D eigenvalue weighted by molar-refractivity contribution is 6.46. The molecule has 1 fully saturated rings. The van der Waals surface area contributed by atoms with Gasteiger partial charge >= 0.3 is 6.03 Å². The fourth-order valence-corrected chi connectivity index (χ4v) is 2.66. The van der Waals surface area contributed by atoms with Crippen molar-refractivity contribution in [3.05, 3.63) is 23.0 Å². The second kappa shape index (κ2) is 6.95. The average Bonchev–Trinajstić information content (AvgIpc) is 2.96. The number of nitrogens with one attached hydrogen (secondary N) is 1. The number of imide groups is 1. The molecule has 124 valence electrons. The van der Waals surface area contributed by atoms with Gasteiger partial charge in [-0.25, -0.2) is 14.1 Å². The summed E-state index contributed by atoms with van der Waals surface area (Å²) in [5.41, 5.74) is 4.33. The number of benzene rings is 1. The van der Waals surface area contributed by atoms with Crippen LogP contribution in [0.4, 0.5) is 14.9 Å². The topological polar surface area (TPSA) is 96.5 Å². The van der Waals surface area contributed by atoms with Crippen molar-refractivity contribution in [2.45, 2.75) is 38.7 Å². The van der Waals surface area contributed by atoms with Gasteiger partial charge in [0.25, 0.3) is 5.91 Å². The Labute approximate surface area is 137 Å². The van der Waals surface area contributed by atoms with Crippen molar-refractivity contribution < 1.29 is 18.7 Å². The van der Waals surface area contributed by atoms with Gasteiger partial charge in [0.2, 0.25) is 0 Å². The summed E-state index contributed by atoms with van der Waals surface area (Å²) in [6.07, 6.45) is 3.76. The molecule has 1 aromatic rings. The van der Waals surface area contributed by atoms with E-state index in [0.29, 0.717) is 4.90 Å². The van der Waals surface area contributed by atoms with E-state index in [1.807, 2.05) is 0 Å². The van der Waals surface area contributed by atoms with Gasteiger partial charge < -0.3 is 10.5 Å². The van der Waals surface area contributed by atoms with E-state index in [9.17, 15) is 14.0 Å². The molecular formula is C15H17ClFN3O3. The van der Waals surface area contributed by atoms with Crippen LogP contribution in [0.1, 0.15) is 32.6 Å². The number of hydrogen-bond donors (Lipinski definition) is 2. The number of primary amides is 1. The van der Waals surface area contributed by atoms with Gasteiger partial charge in [0, 0.05) is 6.07 Å². The summed E-state index contributed by atoms with van der Waals surface area (Å²) in [7, 11) is 0. The quantitative estimate of drug-likeness (QED) is 0.822. The van der Waals surface area contributed by atoms with Crippen LogP contribution in [0.15, 0.2) is 12.1 Å². The third kappa shape index (κ3) is 3.79. The van der Waals surface area contributed by atoms with Crippen LogP contribution >= 0.6 is 11.6 Å². The summed E-state index contributed by atoms with van der Waals surface area (Å²) in [5.74, 6) is -1.73. The normalized spacial score (nSPS) is 14.6. The van der Waals surface area contributed by atoms with E-state index in [-0.39, 0.29) is 22.6 Å². The first-order valence-corrected chi connectivity index (χ1v) is 7.53. The number of carbonyl (C=O) groups is 2. The number of urea groups is 1. The first kappa shape index (κ1) is 17.2. The largest absolute Gasteiger partial charge is 0.489 e. The lowest BCUT2D eigenvalue weighted by Gasteiger charge is -2.21. The molecule has 2 rings (SSSR count). The van der Waals surface area contributed by atoms with Gasteiger partial charge in [-0.3, -0.25) is 10.2 Å². The first-order valence-electron chi connectivity index (χ1n) is 7.16. The van der Waals surface area contributed by atoms with Gasteiger partial charge in [-0.2, -0.15) is 0 Å². The maximum absolute atomic E-state index is 14.2. The predicted molar refractivity (Wildman–Crippen MR) is 84.8 cm³/mol. The van der Waals surface area contributed by atoms with E-state index in [2.05, 4.69) is 0 Å². The summed E-state index contributed by atoms with van der Waals surface area (Å²) in [5, 5.41) is 7.39. The zero-order chi connectivity index (χ0) is 17.1. The van der Waals surface area contributed by atoms with Crippen molar-refractivity contribution in [3.63, 3.8) is 0 Å². The van der Waals surface area contributed by atoms with Gasteiger partial charge in [0.1, 0.15) is 11.6 Å². The van der Waals surface area contributed by atoms with Gasteiger partial charge in [-0.15, -0.1) is 0 Å². The van der Waals surface area contributed by atoms with E-state index in [1.165, 1.54) is 13.0 Å². The Morgan fingerprint density at radius 3 is 2.52 bits per heavy atom. The minimum absolute atomic E-state index is 0.0342. The van der Waals surface area contributed by atoms with Crippen molar-refractivity contribution >= 4 is 34.9 Å². The highest BCUT2D eigenvalue weighted by atomic mass is 35.5. The van der Waals surface area contributed by atoms with E-state index in [4.69, 9.17) is 27.5 Å². The molecule has 1 aromatic carbocycles. The van der Waals surface area contributed by atoms with Crippen LogP contribution < -0.4 is 15.4 Å². The molecule has 0 radical (unpaired) electrons. The minimum Gasteiger partial charge on any atom is -0.489 e. The molecular weight excluding hydrogens is 325 g/mol. The molecule has 1 aliphatic rings. The fourth-order valence-electron chi connectivity index (χ4n) is 2.46. The third-order valence-electron chi connectivity index (χ3n) is 3.58. The third-order valence-corrected chi connectivity index (χ3v) is 3.88. The van der Waals surface area contributed by atoms with Crippen molar-refractivity contribution in [1.82, 2.24) is 0 Å². The lowest BCUT2D eigenvalue weighted by Crippen LogP contribution is -2.44. The number of amides is 3. The molecule has 0 saturated heterocycles. The average molecular weight is 342 g/mol. The van der Waals surface area contributed by atoms with Crippen LogP contribution in [0.3, 0.4) is 0 Å². The van der Waals surface area contributed by atoms with Gasteiger partial charge in [0.05, 0.1) is 22.5 Å². The number of nitrogens with zero attached hydrogens (tertiary/aromatic N) is 1. The number of rotatable bonds is 4. The lowest BCUT2D eigenvalue weighted by molar-refractivity contribution is -0.112. The summed E-state index contributed by atoms with van der Waals surface area (Å²) < 4.78 is 19.9. The van der Waals surface area contributed by atoms with E-state index in [1.54, 1.807) is 0 Å². The number of ether oxygens (including phenoxy) is 1.